The fourth-order valence-corrected chi connectivity index (χ4v) is 7.55. The first-order valence-electron chi connectivity index (χ1n) is 16.8. The van der Waals surface area contributed by atoms with E-state index in [-0.39, 0.29) is 0 Å². The van der Waals surface area contributed by atoms with Crippen molar-refractivity contribution in [1.29, 1.82) is 0 Å². The van der Waals surface area contributed by atoms with Crippen molar-refractivity contribution in [3.8, 4) is 56.2 Å². The Kier molecular flexibility index (Phi) is 7.06. The third-order valence-electron chi connectivity index (χ3n) is 9.78. The molecule has 2 heteroatoms. The van der Waals surface area contributed by atoms with Crippen molar-refractivity contribution in [2.45, 2.75) is 5.41 Å². The number of rotatable bonds is 6. The number of fused-ring (bicyclic) bond motifs is 3. The van der Waals surface area contributed by atoms with E-state index in [1.165, 1.54) is 38.9 Å². The summed E-state index contributed by atoms with van der Waals surface area (Å²) in [6.45, 7) is 0. The van der Waals surface area contributed by atoms with Crippen molar-refractivity contribution in [3.05, 3.63) is 216 Å². The van der Waals surface area contributed by atoms with E-state index in [0.29, 0.717) is 5.82 Å². The van der Waals surface area contributed by atoms with E-state index in [0.717, 1.165) is 33.6 Å². The first-order valence-corrected chi connectivity index (χ1v) is 16.8. The predicted molar refractivity (Wildman–Crippen MR) is 201 cm³/mol. The molecule has 0 radical (unpaired) electrons. The summed E-state index contributed by atoms with van der Waals surface area (Å²) in [5, 5.41) is 0. The van der Waals surface area contributed by atoms with Gasteiger partial charge in [0.15, 0.2) is 5.82 Å². The molecule has 0 bridgehead atoms. The SMILES string of the molecule is c1ccc(-c2cccc(-c3cc(-c4ccc5c(c4)C(c4ccccc4)(c4ccccc4)c4ccccc4-5)nc(-c4ccccc4)n3)c2)cc1. The molecule has 0 unspecified atom stereocenters. The maximum atomic E-state index is 5.24. The van der Waals surface area contributed by atoms with Gasteiger partial charge in [-0.1, -0.05) is 176 Å². The van der Waals surface area contributed by atoms with E-state index in [9.17, 15) is 0 Å². The summed E-state index contributed by atoms with van der Waals surface area (Å²) in [4.78, 5) is 10.4. The molecule has 7 aromatic carbocycles. The van der Waals surface area contributed by atoms with Crippen molar-refractivity contribution >= 4 is 0 Å². The molecule has 0 spiro atoms. The minimum absolute atomic E-state index is 0.480. The Labute approximate surface area is 287 Å². The first-order chi connectivity index (χ1) is 24.3. The standard InChI is InChI=1S/C47H32N2/c1-5-16-33(17-6-1)35-20-15-21-36(30-35)44-32-45(49-46(48-44)34-18-7-2-8-19-34)37-28-29-41-40-26-13-14-27-42(40)47(43(41)31-37,38-22-9-3-10-23-38)39-24-11-4-12-25-39/h1-32H. The van der Waals surface area contributed by atoms with E-state index in [1.807, 2.05) is 18.2 Å². The van der Waals surface area contributed by atoms with Crippen LogP contribution >= 0.6 is 0 Å². The molecule has 2 nitrogen and oxygen atoms in total. The van der Waals surface area contributed by atoms with E-state index < -0.39 is 5.41 Å². The largest absolute Gasteiger partial charge is 0.228 e. The van der Waals surface area contributed by atoms with Crippen LogP contribution in [-0.4, -0.2) is 9.97 Å². The lowest BCUT2D eigenvalue weighted by Gasteiger charge is -2.34. The molecule has 8 aromatic rings. The van der Waals surface area contributed by atoms with Gasteiger partial charge in [-0.2, -0.15) is 0 Å². The summed E-state index contributed by atoms with van der Waals surface area (Å²) in [6.07, 6.45) is 0. The summed E-state index contributed by atoms with van der Waals surface area (Å²) in [6, 6.07) is 69.2. The van der Waals surface area contributed by atoms with Crippen molar-refractivity contribution < 1.29 is 0 Å². The summed E-state index contributed by atoms with van der Waals surface area (Å²) < 4.78 is 0. The Morgan fingerprint density at radius 2 is 0.796 bits per heavy atom. The van der Waals surface area contributed by atoms with Gasteiger partial charge in [0.25, 0.3) is 0 Å². The summed E-state index contributed by atoms with van der Waals surface area (Å²) in [5.41, 5.74) is 14.3. The molecule has 0 amide bonds. The van der Waals surface area contributed by atoms with E-state index in [2.05, 4.69) is 176 Å². The second-order valence-corrected chi connectivity index (χ2v) is 12.6. The molecular weight excluding hydrogens is 593 g/mol. The van der Waals surface area contributed by atoms with Crippen LogP contribution in [0.2, 0.25) is 0 Å². The second kappa shape index (κ2) is 12.0. The number of nitrogens with zero attached hydrogens (tertiary/aromatic N) is 2. The smallest absolute Gasteiger partial charge is 0.160 e. The molecule has 0 saturated heterocycles. The summed E-state index contributed by atoms with van der Waals surface area (Å²) in [7, 11) is 0. The van der Waals surface area contributed by atoms with Crippen molar-refractivity contribution in [2.24, 2.45) is 0 Å². The van der Waals surface area contributed by atoms with Crippen LogP contribution in [0.1, 0.15) is 22.3 Å². The highest BCUT2D eigenvalue weighted by Gasteiger charge is 2.46. The van der Waals surface area contributed by atoms with E-state index >= 15 is 0 Å². The van der Waals surface area contributed by atoms with Crippen LogP contribution in [0, 0.1) is 0 Å². The van der Waals surface area contributed by atoms with Crippen LogP contribution in [0.3, 0.4) is 0 Å². The molecule has 0 fully saturated rings. The third-order valence-corrected chi connectivity index (χ3v) is 9.78. The highest BCUT2D eigenvalue weighted by atomic mass is 14.9. The minimum Gasteiger partial charge on any atom is -0.228 e. The monoisotopic (exact) mass is 624 g/mol. The molecule has 230 valence electrons. The zero-order valence-corrected chi connectivity index (χ0v) is 26.9. The maximum Gasteiger partial charge on any atom is 0.160 e. The van der Waals surface area contributed by atoms with Gasteiger partial charge < -0.3 is 0 Å². The van der Waals surface area contributed by atoms with Gasteiger partial charge in [0.1, 0.15) is 0 Å². The van der Waals surface area contributed by atoms with E-state index in [1.54, 1.807) is 0 Å². The van der Waals surface area contributed by atoms with Gasteiger partial charge in [0.05, 0.1) is 16.8 Å². The molecule has 49 heavy (non-hydrogen) atoms. The first kappa shape index (κ1) is 28.8. The molecule has 0 aliphatic heterocycles. The molecule has 1 aliphatic rings. The molecule has 0 atom stereocenters. The quantitative estimate of drug-likeness (QED) is 0.184. The molecular formula is C47H32N2. The zero-order chi connectivity index (χ0) is 32.6. The average molecular weight is 625 g/mol. The van der Waals surface area contributed by atoms with Crippen molar-refractivity contribution in [1.82, 2.24) is 9.97 Å². The maximum absolute atomic E-state index is 5.24. The average Bonchev–Trinajstić information content (AvgIpc) is 3.49. The van der Waals surface area contributed by atoms with Crippen molar-refractivity contribution in [2.75, 3.05) is 0 Å². The molecule has 1 aliphatic carbocycles. The number of aromatic nitrogens is 2. The third kappa shape index (κ3) is 4.89. The van der Waals surface area contributed by atoms with Gasteiger partial charge in [-0.3, -0.25) is 0 Å². The molecule has 1 heterocycles. The normalized spacial score (nSPS) is 12.7. The number of hydrogen-bond acceptors (Lipinski definition) is 2. The van der Waals surface area contributed by atoms with Crippen molar-refractivity contribution in [3.63, 3.8) is 0 Å². The topological polar surface area (TPSA) is 25.8 Å². The molecule has 0 N–H and O–H groups in total. The Morgan fingerprint density at radius 1 is 0.306 bits per heavy atom. The predicted octanol–water partition coefficient (Wildman–Crippen LogP) is 11.5. The molecule has 1 aromatic heterocycles. The van der Waals surface area contributed by atoms with Gasteiger partial charge in [0, 0.05) is 16.7 Å². The molecule has 9 rings (SSSR count). The van der Waals surface area contributed by atoms with Crippen LogP contribution in [-0.2, 0) is 5.41 Å². The second-order valence-electron chi connectivity index (χ2n) is 12.6. The van der Waals surface area contributed by atoms with Gasteiger partial charge in [0.2, 0.25) is 0 Å². The molecule has 0 saturated carbocycles. The Bertz CT molecular complexity index is 2380. The van der Waals surface area contributed by atoms with Crippen LogP contribution < -0.4 is 0 Å². The number of benzene rings is 7. The van der Waals surface area contributed by atoms with Gasteiger partial charge in [-0.25, -0.2) is 9.97 Å². The lowest BCUT2D eigenvalue weighted by molar-refractivity contribution is 0.768. The Hall–Kier alpha value is -6.38. The van der Waals surface area contributed by atoms with Crippen LogP contribution in [0.5, 0.6) is 0 Å². The lowest BCUT2D eigenvalue weighted by atomic mass is 9.67. The summed E-state index contributed by atoms with van der Waals surface area (Å²) in [5.74, 6) is 0.708. The van der Waals surface area contributed by atoms with E-state index in [4.69, 9.17) is 9.97 Å². The fraction of sp³-hybridized carbons (Fsp3) is 0.0213. The Morgan fingerprint density at radius 3 is 1.45 bits per heavy atom. The highest BCUT2D eigenvalue weighted by molar-refractivity contribution is 5.88. The summed E-state index contributed by atoms with van der Waals surface area (Å²) >= 11 is 0. The van der Waals surface area contributed by atoms with Crippen LogP contribution in [0.4, 0.5) is 0 Å². The van der Waals surface area contributed by atoms with Crippen LogP contribution in [0.25, 0.3) is 56.2 Å². The fourth-order valence-electron chi connectivity index (χ4n) is 7.55. The van der Waals surface area contributed by atoms with Crippen LogP contribution in [0.15, 0.2) is 194 Å². The van der Waals surface area contributed by atoms with Gasteiger partial charge in [-0.05, 0) is 62.7 Å². The highest BCUT2D eigenvalue weighted by Crippen LogP contribution is 2.56. The number of hydrogen-bond donors (Lipinski definition) is 0. The van der Waals surface area contributed by atoms with Gasteiger partial charge in [-0.15, -0.1) is 0 Å². The zero-order valence-electron chi connectivity index (χ0n) is 26.9. The van der Waals surface area contributed by atoms with Gasteiger partial charge >= 0.3 is 0 Å². The lowest BCUT2D eigenvalue weighted by Crippen LogP contribution is -2.28. The minimum atomic E-state index is -0.480. The Balaban J connectivity index is 1.28.